The summed E-state index contributed by atoms with van der Waals surface area (Å²) in [5.74, 6) is 0.316. The van der Waals surface area contributed by atoms with Gasteiger partial charge in [0.2, 0.25) is 5.91 Å². The number of thioether (sulfide) groups is 1. The number of benzene rings is 1. The van der Waals surface area contributed by atoms with E-state index in [1.807, 2.05) is 22.8 Å². The number of allylic oxidation sites excluding steroid dienone is 1. The summed E-state index contributed by atoms with van der Waals surface area (Å²) in [4.78, 5) is 28.2. The number of carbonyl (C=O) groups excluding carboxylic acids is 2. The van der Waals surface area contributed by atoms with Gasteiger partial charge < -0.3 is 10.1 Å². The first kappa shape index (κ1) is 27.4. The summed E-state index contributed by atoms with van der Waals surface area (Å²) in [5.41, 5.74) is 4.83. The van der Waals surface area contributed by atoms with Gasteiger partial charge in [-0.3, -0.25) is 9.36 Å². The molecule has 5 rings (SSSR count). The van der Waals surface area contributed by atoms with Crippen molar-refractivity contribution in [2.75, 3.05) is 17.7 Å². The summed E-state index contributed by atoms with van der Waals surface area (Å²) in [6.45, 7) is 8.63. The summed E-state index contributed by atoms with van der Waals surface area (Å²) in [6.07, 6.45) is 5.70. The average Bonchev–Trinajstić information content (AvgIpc) is 3.62. The molecule has 0 fully saturated rings. The highest BCUT2D eigenvalue weighted by Gasteiger charge is 2.27. The third-order valence-corrected chi connectivity index (χ3v) is 9.63. The second kappa shape index (κ2) is 12.3. The molecule has 1 aromatic carbocycles. The van der Waals surface area contributed by atoms with Gasteiger partial charge in [0, 0.05) is 32.8 Å². The summed E-state index contributed by atoms with van der Waals surface area (Å²) in [7, 11) is 0. The van der Waals surface area contributed by atoms with Gasteiger partial charge in [0.1, 0.15) is 5.00 Å². The van der Waals surface area contributed by atoms with Crippen molar-refractivity contribution in [1.82, 2.24) is 14.8 Å². The summed E-state index contributed by atoms with van der Waals surface area (Å²) < 4.78 is 7.31. The minimum Gasteiger partial charge on any atom is -0.462 e. The molecule has 4 aromatic rings. The highest BCUT2D eigenvalue weighted by molar-refractivity contribution is 7.99. The van der Waals surface area contributed by atoms with Crippen LogP contribution in [0.3, 0.4) is 0 Å². The molecule has 7 nitrogen and oxygen atoms in total. The van der Waals surface area contributed by atoms with Gasteiger partial charge in [-0.05, 0) is 50.7 Å². The Labute approximate surface area is 240 Å². The molecule has 0 saturated carbocycles. The van der Waals surface area contributed by atoms with Crippen molar-refractivity contribution in [2.45, 2.75) is 51.2 Å². The first-order chi connectivity index (χ1) is 19.0. The molecule has 0 saturated heterocycles. The lowest BCUT2D eigenvalue weighted by Gasteiger charge is -2.12. The second-order valence-electron chi connectivity index (χ2n) is 9.12. The van der Waals surface area contributed by atoms with E-state index in [4.69, 9.17) is 4.74 Å². The number of amides is 1. The van der Waals surface area contributed by atoms with E-state index in [1.165, 1.54) is 32.9 Å². The van der Waals surface area contributed by atoms with Crippen molar-refractivity contribution in [3.05, 3.63) is 69.2 Å². The Hall–Kier alpha value is -3.21. The number of anilines is 1. The van der Waals surface area contributed by atoms with Gasteiger partial charge in [-0.25, -0.2) is 4.79 Å². The van der Waals surface area contributed by atoms with E-state index in [1.54, 1.807) is 24.3 Å². The molecule has 39 heavy (non-hydrogen) atoms. The maximum absolute atomic E-state index is 13.1. The number of esters is 1. The van der Waals surface area contributed by atoms with Crippen LogP contribution in [0.4, 0.5) is 5.00 Å². The third kappa shape index (κ3) is 5.73. The number of aromatic nitrogens is 3. The fourth-order valence-electron chi connectivity index (χ4n) is 4.84. The van der Waals surface area contributed by atoms with Crippen LogP contribution >= 0.6 is 34.4 Å². The van der Waals surface area contributed by atoms with E-state index in [0.29, 0.717) is 28.9 Å². The molecule has 0 unspecified atom stereocenters. The first-order valence-electron chi connectivity index (χ1n) is 12.9. The number of nitrogens with zero attached hydrogens (tertiary/aromatic N) is 3. The standard InChI is InChI=1S/C29H30N4O3S3/c1-4-15-33-26(21-16-37-18(3)24(21)19-11-7-6-8-12-19)31-32-29(33)38-17-23(34)30-27-25(28(35)36-5-2)20-13-9-10-14-22(20)39-27/h4,6-8,11-12,16H,1,5,9-10,13-15,17H2,2-3H3,(H,30,34). The zero-order valence-electron chi connectivity index (χ0n) is 22.0. The lowest BCUT2D eigenvalue weighted by Crippen LogP contribution is -2.17. The summed E-state index contributed by atoms with van der Waals surface area (Å²) in [5, 5.41) is 15.3. The molecule has 3 heterocycles. The molecule has 1 amide bonds. The molecule has 3 aromatic heterocycles. The van der Waals surface area contributed by atoms with E-state index in [0.717, 1.165) is 53.8 Å². The molecular weight excluding hydrogens is 549 g/mol. The Bertz CT molecular complexity index is 1500. The number of hydrogen-bond donors (Lipinski definition) is 1. The molecule has 1 N–H and O–H groups in total. The molecule has 1 aliphatic rings. The number of fused-ring (bicyclic) bond motifs is 1. The Morgan fingerprint density at radius 2 is 2.00 bits per heavy atom. The monoisotopic (exact) mass is 578 g/mol. The second-order valence-corrected chi connectivity index (χ2v) is 12.3. The topological polar surface area (TPSA) is 86.1 Å². The van der Waals surface area contributed by atoms with Crippen molar-refractivity contribution in [3.8, 4) is 22.5 Å². The Morgan fingerprint density at radius 3 is 2.77 bits per heavy atom. The summed E-state index contributed by atoms with van der Waals surface area (Å²) >= 11 is 4.49. The molecule has 10 heteroatoms. The Balaban J connectivity index is 1.36. The predicted molar refractivity (Wildman–Crippen MR) is 160 cm³/mol. The van der Waals surface area contributed by atoms with Crippen molar-refractivity contribution in [1.29, 1.82) is 0 Å². The predicted octanol–water partition coefficient (Wildman–Crippen LogP) is 7.02. The van der Waals surface area contributed by atoms with Crippen LogP contribution in [0.5, 0.6) is 0 Å². The Morgan fingerprint density at radius 1 is 1.21 bits per heavy atom. The zero-order chi connectivity index (χ0) is 27.4. The van der Waals surface area contributed by atoms with Crippen LogP contribution in [0.1, 0.15) is 45.4 Å². The van der Waals surface area contributed by atoms with E-state index >= 15 is 0 Å². The zero-order valence-corrected chi connectivity index (χ0v) is 24.4. The van der Waals surface area contributed by atoms with E-state index in [2.05, 4.69) is 46.5 Å². The summed E-state index contributed by atoms with van der Waals surface area (Å²) in [6, 6.07) is 10.3. The van der Waals surface area contributed by atoms with Crippen LogP contribution in [0.25, 0.3) is 22.5 Å². The van der Waals surface area contributed by atoms with E-state index in [-0.39, 0.29) is 17.6 Å². The number of aryl methyl sites for hydroxylation is 2. The SMILES string of the molecule is C=CCn1c(SCC(=O)Nc2sc3c(c2C(=O)OCC)CCCC3)nnc1-c1csc(C)c1-c1ccccc1. The number of nitrogens with one attached hydrogen (secondary N) is 1. The van der Waals surface area contributed by atoms with Gasteiger partial charge in [0.05, 0.1) is 17.9 Å². The van der Waals surface area contributed by atoms with Gasteiger partial charge >= 0.3 is 5.97 Å². The fraction of sp³-hybridized carbons (Fsp3) is 0.310. The highest BCUT2D eigenvalue weighted by Crippen LogP contribution is 2.40. The lowest BCUT2D eigenvalue weighted by atomic mass is 9.95. The molecule has 0 aliphatic heterocycles. The van der Waals surface area contributed by atoms with Crippen LogP contribution < -0.4 is 5.32 Å². The molecule has 0 radical (unpaired) electrons. The van der Waals surface area contributed by atoms with Crippen LogP contribution in [0.2, 0.25) is 0 Å². The lowest BCUT2D eigenvalue weighted by molar-refractivity contribution is -0.113. The minimum atomic E-state index is -0.365. The highest BCUT2D eigenvalue weighted by atomic mass is 32.2. The number of thiophene rings is 2. The molecule has 202 valence electrons. The maximum Gasteiger partial charge on any atom is 0.341 e. The van der Waals surface area contributed by atoms with Gasteiger partial charge in [-0.15, -0.1) is 39.4 Å². The quantitative estimate of drug-likeness (QED) is 0.124. The minimum absolute atomic E-state index is 0.133. The van der Waals surface area contributed by atoms with Gasteiger partial charge in [0.15, 0.2) is 11.0 Å². The van der Waals surface area contributed by atoms with Gasteiger partial charge in [-0.2, -0.15) is 0 Å². The Kier molecular flexibility index (Phi) is 8.64. The van der Waals surface area contributed by atoms with Crippen LogP contribution in [-0.2, 0) is 28.9 Å². The van der Waals surface area contributed by atoms with Gasteiger partial charge in [-0.1, -0.05) is 48.2 Å². The number of rotatable bonds is 10. The van der Waals surface area contributed by atoms with Crippen molar-refractivity contribution >= 4 is 51.3 Å². The molecule has 0 bridgehead atoms. The van der Waals surface area contributed by atoms with Crippen LogP contribution in [0.15, 0.2) is 53.5 Å². The molecular formula is C29H30N4O3S3. The van der Waals surface area contributed by atoms with Crippen molar-refractivity contribution in [3.63, 3.8) is 0 Å². The molecule has 1 aliphatic carbocycles. The fourth-order valence-corrected chi connectivity index (χ4v) is 7.74. The normalized spacial score (nSPS) is 12.7. The average molecular weight is 579 g/mol. The molecule has 0 atom stereocenters. The number of carbonyl (C=O) groups is 2. The number of hydrogen-bond acceptors (Lipinski definition) is 8. The first-order valence-corrected chi connectivity index (χ1v) is 15.6. The third-order valence-electron chi connectivity index (χ3n) is 6.54. The van der Waals surface area contributed by atoms with Gasteiger partial charge in [0.25, 0.3) is 0 Å². The van der Waals surface area contributed by atoms with E-state index < -0.39 is 0 Å². The largest absolute Gasteiger partial charge is 0.462 e. The van der Waals surface area contributed by atoms with Crippen molar-refractivity contribution in [2.24, 2.45) is 0 Å². The smallest absolute Gasteiger partial charge is 0.341 e. The van der Waals surface area contributed by atoms with Crippen LogP contribution in [0, 0.1) is 6.92 Å². The van der Waals surface area contributed by atoms with Crippen LogP contribution in [-0.4, -0.2) is 39.0 Å². The number of ether oxygens (including phenoxy) is 1. The maximum atomic E-state index is 13.1. The molecule has 0 spiro atoms. The van der Waals surface area contributed by atoms with E-state index in [9.17, 15) is 9.59 Å². The van der Waals surface area contributed by atoms with Crippen molar-refractivity contribution < 1.29 is 14.3 Å².